The monoisotopic (exact) mass is 656 g/mol. The summed E-state index contributed by atoms with van der Waals surface area (Å²) >= 11 is 0. The smallest absolute Gasteiger partial charge is 0.744 e. The molecule has 4 aromatic rings. The first-order chi connectivity index (χ1) is 22.3. The van der Waals surface area contributed by atoms with Crippen molar-refractivity contribution in [1.82, 2.24) is 0 Å². The third kappa shape index (κ3) is 6.85. The van der Waals surface area contributed by atoms with Gasteiger partial charge in [0.05, 0.1) is 33.1 Å². The van der Waals surface area contributed by atoms with Crippen LogP contribution in [0.1, 0.15) is 119 Å². The zero-order valence-electron chi connectivity index (χ0n) is 26.7. The molecule has 2 fully saturated rings. The molecule has 0 unspecified atom stereocenters. The van der Waals surface area contributed by atoms with Crippen LogP contribution >= 0.6 is 0 Å². The Bertz CT molecular complexity index is 1930. The van der Waals surface area contributed by atoms with Gasteiger partial charge in [-0.3, -0.25) is 9.59 Å². The summed E-state index contributed by atoms with van der Waals surface area (Å²) in [5.41, 5.74) is 4.68. The molecule has 2 N–H and O–H groups in total. The minimum Gasteiger partial charge on any atom is -0.744 e. The summed E-state index contributed by atoms with van der Waals surface area (Å²) in [5, 5.41) is 6.44. The molecular formula is C38H37N2NaO5S. The fourth-order valence-corrected chi connectivity index (χ4v) is 8.21. The van der Waals surface area contributed by atoms with E-state index in [4.69, 9.17) is 0 Å². The van der Waals surface area contributed by atoms with Crippen LogP contribution in [0.2, 0.25) is 0 Å². The average molecular weight is 657 g/mol. The number of rotatable bonds is 7. The Balaban J connectivity index is 0.00000386. The van der Waals surface area contributed by atoms with E-state index in [1.54, 1.807) is 42.5 Å². The van der Waals surface area contributed by atoms with Crippen LogP contribution in [0.5, 0.6) is 0 Å². The molecule has 0 spiro atoms. The van der Waals surface area contributed by atoms with E-state index in [1.165, 1.54) is 43.7 Å². The molecule has 236 valence electrons. The molecule has 3 aliphatic carbocycles. The Kier molecular flexibility index (Phi) is 10.1. The molecule has 7 rings (SSSR count). The maximum Gasteiger partial charge on any atom is 1.00 e. The Labute approximate surface area is 298 Å². The summed E-state index contributed by atoms with van der Waals surface area (Å²) in [5.74, 6) is 0.110. The molecular weight excluding hydrogens is 619 g/mol. The van der Waals surface area contributed by atoms with Crippen molar-refractivity contribution >= 4 is 44.4 Å². The fraction of sp³-hybridized carbons (Fsp3) is 0.316. The maximum absolute atomic E-state index is 14.0. The molecule has 7 nitrogen and oxygen atoms in total. The van der Waals surface area contributed by atoms with Crippen LogP contribution in [0.15, 0.2) is 83.8 Å². The number of nitrogens with one attached hydrogen (secondary N) is 2. The fourth-order valence-electron chi connectivity index (χ4n) is 7.55. The van der Waals surface area contributed by atoms with Gasteiger partial charge in [0.2, 0.25) is 0 Å². The number of hydrogen-bond acceptors (Lipinski definition) is 7. The van der Waals surface area contributed by atoms with Gasteiger partial charge in [-0.25, -0.2) is 8.42 Å². The molecule has 0 aliphatic heterocycles. The first kappa shape index (κ1) is 33.6. The van der Waals surface area contributed by atoms with Gasteiger partial charge >= 0.3 is 29.6 Å². The van der Waals surface area contributed by atoms with Crippen LogP contribution in [-0.4, -0.2) is 24.5 Å². The van der Waals surface area contributed by atoms with Crippen molar-refractivity contribution in [2.75, 3.05) is 10.6 Å². The molecule has 0 amide bonds. The summed E-state index contributed by atoms with van der Waals surface area (Å²) in [4.78, 5) is 27.7. The van der Waals surface area contributed by atoms with E-state index in [9.17, 15) is 22.6 Å². The second-order valence-corrected chi connectivity index (χ2v) is 14.2. The van der Waals surface area contributed by atoms with E-state index in [-0.39, 0.29) is 80.0 Å². The quantitative estimate of drug-likeness (QED) is 0.164. The predicted molar refractivity (Wildman–Crippen MR) is 179 cm³/mol. The van der Waals surface area contributed by atoms with Crippen molar-refractivity contribution in [3.8, 4) is 0 Å². The SMILES string of the molecule is O=C1c2ccccc2C(=O)c2c(Nc3ccc(C4CCCCC4)cc3S(=O)(=O)[O-])ccc(Nc3ccc(C4CCCCC4)cc3)c21.[Na+]. The van der Waals surface area contributed by atoms with E-state index in [0.717, 1.165) is 43.4 Å². The molecule has 4 aromatic carbocycles. The summed E-state index contributed by atoms with van der Waals surface area (Å²) in [6, 6.07) is 23.3. The van der Waals surface area contributed by atoms with Gasteiger partial charge in [-0.1, -0.05) is 81.0 Å². The Hall–Kier alpha value is -3.27. The number of benzene rings is 4. The second kappa shape index (κ2) is 14.1. The molecule has 0 bridgehead atoms. The van der Waals surface area contributed by atoms with E-state index in [2.05, 4.69) is 22.8 Å². The number of fused-ring (bicyclic) bond motifs is 2. The molecule has 2 saturated carbocycles. The number of carbonyl (C=O) groups is 2. The zero-order valence-corrected chi connectivity index (χ0v) is 29.5. The van der Waals surface area contributed by atoms with Crippen molar-refractivity contribution in [2.45, 2.75) is 80.9 Å². The van der Waals surface area contributed by atoms with Crippen molar-refractivity contribution < 1.29 is 52.1 Å². The third-order valence-corrected chi connectivity index (χ3v) is 10.8. The molecule has 9 heteroatoms. The standard InChI is InChI=1S/C38H38N2O5S.Na/c41-37-29-13-7-8-14-30(29)38(42)36-33(40-31-20-17-27(23-34(31)46(43,44)45)25-11-5-2-6-12-25)22-21-32(35(36)37)39-28-18-15-26(16-19-28)24-9-3-1-4-10-24;/h7-8,13-25,39-40H,1-6,9-12H2,(H,43,44,45);/q;+1/p-1. The van der Waals surface area contributed by atoms with Crippen LogP contribution in [0, 0.1) is 0 Å². The van der Waals surface area contributed by atoms with Crippen molar-refractivity contribution in [2.24, 2.45) is 0 Å². The van der Waals surface area contributed by atoms with Crippen molar-refractivity contribution in [3.05, 3.63) is 112 Å². The molecule has 0 aromatic heterocycles. The average Bonchev–Trinajstić information content (AvgIpc) is 3.08. The van der Waals surface area contributed by atoms with Gasteiger partial charge < -0.3 is 15.2 Å². The minimum atomic E-state index is -4.85. The van der Waals surface area contributed by atoms with Crippen LogP contribution in [0.4, 0.5) is 22.7 Å². The Morgan fingerprint density at radius 1 is 0.574 bits per heavy atom. The van der Waals surface area contributed by atoms with Crippen LogP contribution < -0.4 is 40.2 Å². The minimum absolute atomic E-state index is 0. The van der Waals surface area contributed by atoms with E-state index in [0.29, 0.717) is 17.2 Å². The van der Waals surface area contributed by atoms with E-state index in [1.807, 2.05) is 18.2 Å². The topological polar surface area (TPSA) is 115 Å². The van der Waals surface area contributed by atoms with Crippen LogP contribution in [-0.2, 0) is 10.1 Å². The summed E-state index contributed by atoms with van der Waals surface area (Å²) in [7, 11) is -4.85. The molecule has 0 saturated heterocycles. The zero-order chi connectivity index (χ0) is 31.8. The first-order valence-corrected chi connectivity index (χ1v) is 17.8. The Morgan fingerprint density at radius 2 is 1.04 bits per heavy atom. The summed E-state index contributed by atoms with van der Waals surface area (Å²) in [6.45, 7) is 0. The summed E-state index contributed by atoms with van der Waals surface area (Å²) in [6.07, 6.45) is 11.4. The van der Waals surface area contributed by atoms with Gasteiger partial charge in [-0.05, 0) is 85.0 Å². The number of ketones is 2. The predicted octanol–water partition coefficient (Wildman–Crippen LogP) is 5.95. The number of anilines is 4. The molecule has 0 heterocycles. The van der Waals surface area contributed by atoms with E-state index < -0.39 is 10.1 Å². The normalized spacial score (nSPS) is 17.0. The maximum atomic E-state index is 14.0. The van der Waals surface area contributed by atoms with Gasteiger partial charge in [0.25, 0.3) is 0 Å². The van der Waals surface area contributed by atoms with Gasteiger partial charge in [0, 0.05) is 16.8 Å². The molecule has 0 atom stereocenters. The van der Waals surface area contributed by atoms with Gasteiger partial charge in [0.1, 0.15) is 10.1 Å². The Morgan fingerprint density at radius 3 is 1.57 bits per heavy atom. The molecule has 0 radical (unpaired) electrons. The first-order valence-electron chi connectivity index (χ1n) is 16.4. The van der Waals surface area contributed by atoms with Gasteiger partial charge in [-0.2, -0.15) is 0 Å². The van der Waals surface area contributed by atoms with E-state index >= 15 is 0 Å². The number of hydrogen-bond donors (Lipinski definition) is 2. The van der Waals surface area contributed by atoms with Crippen LogP contribution in [0.3, 0.4) is 0 Å². The largest absolute Gasteiger partial charge is 1.00 e. The van der Waals surface area contributed by atoms with Gasteiger partial charge in [-0.15, -0.1) is 0 Å². The van der Waals surface area contributed by atoms with Crippen molar-refractivity contribution in [3.63, 3.8) is 0 Å². The second-order valence-electron chi connectivity index (χ2n) is 12.9. The molecule has 47 heavy (non-hydrogen) atoms. The molecule has 3 aliphatic rings. The van der Waals surface area contributed by atoms with Gasteiger partial charge in [0.15, 0.2) is 11.6 Å². The number of carbonyl (C=O) groups excluding carboxylic acids is 2. The van der Waals surface area contributed by atoms with Crippen LogP contribution in [0.25, 0.3) is 0 Å². The third-order valence-electron chi connectivity index (χ3n) is 9.96. The summed E-state index contributed by atoms with van der Waals surface area (Å²) < 4.78 is 37.5. The van der Waals surface area contributed by atoms with Crippen molar-refractivity contribution in [1.29, 1.82) is 0 Å².